The van der Waals surface area contributed by atoms with E-state index < -0.39 is 21.7 Å². The van der Waals surface area contributed by atoms with Crippen LogP contribution in [-0.2, 0) is 10.0 Å². The molecule has 0 aliphatic rings. The molecule has 0 saturated carbocycles. The number of nitrogens with one attached hydrogen (secondary N) is 2. The highest BCUT2D eigenvalue weighted by Gasteiger charge is 2.19. The summed E-state index contributed by atoms with van der Waals surface area (Å²) in [6.07, 6.45) is 0. The maximum absolute atomic E-state index is 13.0. The van der Waals surface area contributed by atoms with Crippen molar-refractivity contribution >= 4 is 27.3 Å². The summed E-state index contributed by atoms with van der Waals surface area (Å²) in [5, 5.41) is 2.61. The summed E-state index contributed by atoms with van der Waals surface area (Å²) < 4.78 is 40.9. The molecule has 0 aromatic heterocycles. The van der Waals surface area contributed by atoms with Crippen molar-refractivity contribution in [3.63, 3.8) is 0 Å². The molecule has 0 saturated heterocycles. The highest BCUT2D eigenvalue weighted by Crippen LogP contribution is 2.21. The first-order valence-electron chi connectivity index (χ1n) is 8.10. The predicted octanol–water partition coefficient (Wildman–Crippen LogP) is 4.19. The van der Waals surface area contributed by atoms with E-state index in [0.29, 0.717) is 16.9 Å². The number of carbonyl (C=O) groups excluding carboxylic acids is 1. The van der Waals surface area contributed by atoms with Gasteiger partial charge in [0, 0.05) is 16.9 Å². The van der Waals surface area contributed by atoms with Crippen LogP contribution < -0.4 is 10.0 Å². The number of hydrogen-bond donors (Lipinski definition) is 2. The maximum Gasteiger partial charge on any atom is 0.262 e. The van der Waals surface area contributed by atoms with Gasteiger partial charge in [0.05, 0.1) is 4.90 Å². The number of hydrogen-bond acceptors (Lipinski definition) is 3. The SMILES string of the molecule is Cc1ccc(C(=O)Nc2ccc(F)cc2)cc1S(=O)(=O)Nc1ccccc1. The molecule has 5 nitrogen and oxygen atoms in total. The van der Waals surface area contributed by atoms with Gasteiger partial charge in [0.25, 0.3) is 15.9 Å². The molecular formula is C20H17FN2O3S. The zero-order valence-electron chi connectivity index (χ0n) is 14.4. The molecule has 0 aliphatic carbocycles. The number of amides is 1. The van der Waals surface area contributed by atoms with Crippen molar-refractivity contribution in [2.24, 2.45) is 0 Å². The molecule has 0 radical (unpaired) electrons. The average Bonchev–Trinajstić information content (AvgIpc) is 2.64. The van der Waals surface area contributed by atoms with Crippen LogP contribution in [0.25, 0.3) is 0 Å². The van der Waals surface area contributed by atoms with Gasteiger partial charge < -0.3 is 5.32 Å². The van der Waals surface area contributed by atoms with Gasteiger partial charge in [0.15, 0.2) is 0 Å². The van der Waals surface area contributed by atoms with Crippen LogP contribution in [0.5, 0.6) is 0 Å². The lowest BCUT2D eigenvalue weighted by atomic mass is 10.1. The van der Waals surface area contributed by atoms with Crippen LogP contribution in [0.15, 0.2) is 77.7 Å². The third-order valence-corrected chi connectivity index (χ3v) is 5.39. The Bertz CT molecular complexity index is 1070. The minimum absolute atomic E-state index is 0.0121. The Morgan fingerprint density at radius 1 is 0.889 bits per heavy atom. The molecule has 138 valence electrons. The van der Waals surface area contributed by atoms with E-state index in [1.54, 1.807) is 43.3 Å². The molecule has 0 heterocycles. The van der Waals surface area contributed by atoms with E-state index in [1.807, 2.05) is 0 Å². The molecule has 0 aliphatic heterocycles. The standard InChI is InChI=1S/C20H17FN2O3S/c1-14-7-8-15(20(24)22-17-11-9-16(21)10-12-17)13-19(14)27(25,26)23-18-5-3-2-4-6-18/h2-13,23H,1H3,(H,22,24). The summed E-state index contributed by atoms with van der Waals surface area (Å²) in [6, 6.07) is 18.2. The molecule has 1 amide bonds. The molecule has 0 fully saturated rings. The molecule has 3 rings (SSSR count). The smallest absolute Gasteiger partial charge is 0.262 e. The van der Waals surface area contributed by atoms with Crippen molar-refractivity contribution in [1.29, 1.82) is 0 Å². The van der Waals surface area contributed by atoms with Crippen LogP contribution in [0.4, 0.5) is 15.8 Å². The zero-order chi connectivity index (χ0) is 19.4. The predicted molar refractivity (Wildman–Crippen MR) is 103 cm³/mol. The van der Waals surface area contributed by atoms with Crippen LogP contribution in [0, 0.1) is 12.7 Å². The first-order chi connectivity index (χ1) is 12.8. The Morgan fingerprint density at radius 3 is 2.22 bits per heavy atom. The Balaban J connectivity index is 1.87. The van der Waals surface area contributed by atoms with Crippen molar-refractivity contribution in [2.75, 3.05) is 10.0 Å². The van der Waals surface area contributed by atoms with Crippen LogP contribution in [-0.4, -0.2) is 14.3 Å². The van der Waals surface area contributed by atoms with Gasteiger partial charge >= 0.3 is 0 Å². The highest BCUT2D eigenvalue weighted by atomic mass is 32.2. The van der Waals surface area contributed by atoms with Gasteiger partial charge in [-0.15, -0.1) is 0 Å². The van der Waals surface area contributed by atoms with Gasteiger partial charge in [-0.2, -0.15) is 0 Å². The minimum atomic E-state index is -3.86. The third kappa shape index (κ3) is 4.51. The second-order valence-electron chi connectivity index (χ2n) is 5.91. The number of halogens is 1. The number of anilines is 2. The summed E-state index contributed by atoms with van der Waals surface area (Å²) in [6.45, 7) is 1.65. The van der Waals surface area contributed by atoms with Crippen LogP contribution in [0.3, 0.4) is 0 Å². The van der Waals surface area contributed by atoms with E-state index in [-0.39, 0.29) is 10.5 Å². The van der Waals surface area contributed by atoms with E-state index in [4.69, 9.17) is 0 Å². The lowest BCUT2D eigenvalue weighted by Gasteiger charge is -2.12. The summed E-state index contributed by atoms with van der Waals surface area (Å²) >= 11 is 0. The number of para-hydroxylation sites is 1. The Kier molecular flexibility index (Phi) is 5.23. The molecule has 3 aromatic rings. The van der Waals surface area contributed by atoms with Crippen LogP contribution in [0.1, 0.15) is 15.9 Å². The van der Waals surface area contributed by atoms with Gasteiger partial charge in [-0.05, 0) is 61.0 Å². The number of rotatable bonds is 5. The van der Waals surface area contributed by atoms with Crippen molar-refractivity contribution < 1.29 is 17.6 Å². The molecule has 0 bridgehead atoms. The fourth-order valence-corrected chi connectivity index (χ4v) is 3.81. The van der Waals surface area contributed by atoms with E-state index in [9.17, 15) is 17.6 Å². The molecule has 0 unspecified atom stereocenters. The Morgan fingerprint density at radius 2 is 1.56 bits per heavy atom. The summed E-state index contributed by atoms with van der Waals surface area (Å²) in [5.41, 5.74) is 1.53. The topological polar surface area (TPSA) is 75.3 Å². The van der Waals surface area contributed by atoms with Gasteiger partial charge in [0.1, 0.15) is 5.82 Å². The summed E-state index contributed by atoms with van der Waals surface area (Å²) in [7, 11) is -3.86. The van der Waals surface area contributed by atoms with E-state index >= 15 is 0 Å². The highest BCUT2D eigenvalue weighted by molar-refractivity contribution is 7.92. The van der Waals surface area contributed by atoms with Crippen molar-refractivity contribution in [3.05, 3.63) is 89.7 Å². The molecule has 3 aromatic carbocycles. The van der Waals surface area contributed by atoms with E-state index in [2.05, 4.69) is 10.0 Å². The molecule has 27 heavy (non-hydrogen) atoms. The summed E-state index contributed by atoms with van der Waals surface area (Å²) in [4.78, 5) is 12.4. The van der Waals surface area contributed by atoms with Gasteiger partial charge in [0.2, 0.25) is 0 Å². The van der Waals surface area contributed by atoms with Crippen LogP contribution in [0.2, 0.25) is 0 Å². The van der Waals surface area contributed by atoms with E-state index in [0.717, 1.165) is 0 Å². The molecule has 7 heteroatoms. The molecule has 2 N–H and O–H groups in total. The maximum atomic E-state index is 13.0. The number of aryl methyl sites for hydroxylation is 1. The van der Waals surface area contributed by atoms with Gasteiger partial charge in [-0.3, -0.25) is 9.52 Å². The monoisotopic (exact) mass is 384 g/mol. The molecule has 0 atom stereocenters. The third-order valence-electron chi connectivity index (χ3n) is 3.87. The van der Waals surface area contributed by atoms with Gasteiger partial charge in [-0.25, -0.2) is 12.8 Å². The Labute approximate surface area is 156 Å². The zero-order valence-corrected chi connectivity index (χ0v) is 15.3. The fourth-order valence-electron chi connectivity index (χ4n) is 2.48. The molecular weight excluding hydrogens is 367 g/mol. The van der Waals surface area contributed by atoms with Crippen molar-refractivity contribution in [2.45, 2.75) is 11.8 Å². The van der Waals surface area contributed by atoms with Crippen LogP contribution >= 0.6 is 0 Å². The van der Waals surface area contributed by atoms with Gasteiger partial charge in [-0.1, -0.05) is 24.3 Å². The number of sulfonamides is 1. The van der Waals surface area contributed by atoms with Crippen molar-refractivity contribution in [1.82, 2.24) is 0 Å². The lowest BCUT2D eigenvalue weighted by Crippen LogP contribution is -2.17. The second-order valence-corrected chi connectivity index (χ2v) is 7.56. The van der Waals surface area contributed by atoms with Crippen molar-refractivity contribution in [3.8, 4) is 0 Å². The molecule has 0 spiro atoms. The normalized spacial score (nSPS) is 11.0. The average molecular weight is 384 g/mol. The Hall–Kier alpha value is -3.19. The largest absolute Gasteiger partial charge is 0.322 e. The first kappa shape index (κ1) is 18.6. The summed E-state index contributed by atoms with van der Waals surface area (Å²) in [5.74, 6) is -0.901. The number of benzene rings is 3. The second kappa shape index (κ2) is 7.59. The quantitative estimate of drug-likeness (QED) is 0.693. The number of carbonyl (C=O) groups is 1. The minimum Gasteiger partial charge on any atom is -0.322 e. The van der Waals surface area contributed by atoms with E-state index in [1.165, 1.54) is 36.4 Å². The first-order valence-corrected chi connectivity index (χ1v) is 9.59. The fraction of sp³-hybridized carbons (Fsp3) is 0.0500. The lowest BCUT2D eigenvalue weighted by molar-refractivity contribution is 0.102.